The van der Waals surface area contributed by atoms with Crippen LogP contribution in [0.4, 0.5) is 18.9 Å². The van der Waals surface area contributed by atoms with Gasteiger partial charge < -0.3 is 10.2 Å². The quantitative estimate of drug-likeness (QED) is 0.854. The number of carbonyl (C=O) groups is 1. The zero-order valence-electron chi connectivity index (χ0n) is 14.7. The van der Waals surface area contributed by atoms with Crippen molar-refractivity contribution in [2.45, 2.75) is 31.5 Å². The molecule has 1 aromatic carbocycles. The molecule has 26 heavy (non-hydrogen) atoms. The molecule has 0 radical (unpaired) electrons. The van der Waals surface area contributed by atoms with Crippen LogP contribution in [-0.4, -0.2) is 36.3 Å². The van der Waals surface area contributed by atoms with Crippen molar-refractivity contribution in [1.82, 2.24) is 15.1 Å². The van der Waals surface area contributed by atoms with Crippen molar-refractivity contribution in [1.29, 1.82) is 0 Å². The van der Waals surface area contributed by atoms with E-state index >= 15 is 0 Å². The summed E-state index contributed by atoms with van der Waals surface area (Å²) >= 11 is 0. The summed E-state index contributed by atoms with van der Waals surface area (Å²) in [6, 6.07) is 8.23. The number of anilines is 1. The minimum absolute atomic E-state index is 0.146. The van der Waals surface area contributed by atoms with E-state index in [-0.39, 0.29) is 24.9 Å². The predicted octanol–water partition coefficient (Wildman–Crippen LogP) is 3.28. The Hall–Kier alpha value is -2.51. The second-order valence-electron chi connectivity index (χ2n) is 6.65. The summed E-state index contributed by atoms with van der Waals surface area (Å²) in [5, 5.41) is 6.41. The number of hydrogen-bond acceptors (Lipinski definition) is 3. The predicted molar refractivity (Wildman–Crippen MR) is 92.3 cm³/mol. The van der Waals surface area contributed by atoms with Crippen LogP contribution in [0.3, 0.4) is 0 Å². The molecule has 2 aromatic rings. The summed E-state index contributed by atoms with van der Waals surface area (Å²) in [5.41, 5.74) is 1.22. The molecular weight excluding hydrogens is 345 g/mol. The van der Waals surface area contributed by atoms with Gasteiger partial charge in [0.2, 0.25) is 0 Å². The molecule has 1 amide bonds. The van der Waals surface area contributed by atoms with Gasteiger partial charge in [-0.15, -0.1) is 0 Å². The zero-order valence-corrected chi connectivity index (χ0v) is 14.7. The van der Waals surface area contributed by atoms with Crippen molar-refractivity contribution in [3.63, 3.8) is 0 Å². The van der Waals surface area contributed by atoms with Crippen molar-refractivity contribution in [2.24, 2.45) is 0 Å². The van der Waals surface area contributed by atoms with Crippen LogP contribution in [0.1, 0.15) is 40.5 Å². The highest BCUT2D eigenvalue weighted by molar-refractivity contribution is 5.94. The van der Waals surface area contributed by atoms with Crippen molar-refractivity contribution in [3.05, 3.63) is 47.3 Å². The molecule has 1 aliphatic carbocycles. The first-order chi connectivity index (χ1) is 12.3. The van der Waals surface area contributed by atoms with Crippen LogP contribution in [0.15, 0.2) is 30.3 Å². The maximum Gasteiger partial charge on any atom is 0.435 e. The largest absolute Gasteiger partial charge is 0.435 e. The smallest absolute Gasteiger partial charge is 0.378 e. The molecule has 140 valence electrons. The van der Waals surface area contributed by atoms with Gasteiger partial charge in [-0.2, -0.15) is 18.3 Å². The fraction of sp³-hybridized carbons (Fsp3) is 0.444. The lowest BCUT2D eigenvalue weighted by molar-refractivity contribution is -0.141. The van der Waals surface area contributed by atoms with Gasteiger partial charge in [0.15, 0.2) is 5.69 Å². The summed E-state index contributed by atoms with van der Waals surface area (Å²) < 4.78 is 40.0. The van der Waals surface area contributed by atoms with Crippen LogP contribution >= 0.6 is 0 Å². The lowest BCUT2D eigenvalue weighted by atomic mass is 10.2. The third-order valence-corrected chi connectivity index (χ3v) is 4.35. The molecule has 3 rings (SSSR count). The van der Waals surface area contributed by atoms with E-state index in [1.807, 2.05) is 31.1 Å². The summed E-state index contributed by atoms with van der Waals surface area (Å²) in [6.45, 7) is 0.427. The molecule has 0 unspecified atom stereocenters. The minimum Gasteiger partial charge on any atom is -0.378 e. The maximum absolute atomic E-state index is 12.9. The number of nitrogens with one attached hydrogen (secondary N) is 1. The second-order valence-corrected chi connectivity index (χ2v) is 6.65. The molecular formula is C18H21F3N4O. The fourth-order valence-electron chi connectivity index (χ4n) is 2.74. The Balaban J connectivity index is 1.61. The lowest BCUT2D eigenvalue weighted by Gasteiger charge is -2.13. The van der Waals surface area contributed by atoms with Crippen LogP contribution in [-0.2, 0) is 12.7 Å². The first kappa shape index (κ1) is 18.3. The van der Waals surface area contributed by atoms with Crippen LogP contribution in [0.5, 0.6) is 0 Å². The van der Waals surface area contributed by atoms with Gasteiger partial charge in [0, 0.05) is 43.5 Å². The highest BCUT2D eigenvalue weighted by Gasteiger charge is 2.37. The van der Waals surface area contributed by atoms with E-state index in [2.05, 4.69) is 10.4 Å². The normalized spacial score (nSPS) is 14.3. The molecule has 0 bridgehead atoms. The van der Waals surface area contributed by atoms with Crippen LogP contribution in [0.25, 0.3) is 0 Å². The lowest BCUT2D eigenvalue weighted by Crippen LogP contribution is -2.28. The molecule has 1 aromatic heterocycles. The number of benzene rings is 1. The highest BCUT2D eigenvalue weighted by atomic mass is 19.4. The number of hydrogen-bond donors (Lipinski definition) is 1. The van der Waals surface area contributed by atoms with Crippen molar-refractivity contribution >= 4 is 11.6 Å². The van der Waals surface area contributed by atoms with E-state index in [1.165, 1.54) is 4.68 Å². The van der Waals surface area contributed by atoms with E-state index in [0.717, 1.165) is 24.6 Å². The van der Waals surface area contributed by atoms with Crippen molar-refractivity contribution < 1.29 is 18.0 Å². The molecule has 5 nitrogen and oxygen atoms in total. The Morgan fingerprint density at radius 2 is 1.92 bits per heavy atom. The Bertz CT molecular complexity index is 777. The zero-order chi connectivity index (χ0) is 18.9. The van der Waals surface area contributed by atoms with Crippen LogP contribution in [0.2, 0.25) is 0 Å². The Kier molecular flexibility index (Phi) is 4.93. The average molecular weight is 366 g/mol. The molecule has 1 N–H and O–H groups in total. The van der Waals surface area contributed by atoms with Gasteiger partial charge in [-0.25, -0.2) is 0 Å². The summed E-state index contributed by atoms with van der Waals surface area (Å²) in [4.78, 5) is 14.1. The average Bonchev–Trinajstić information content (AvgIpc) is 3.33. The van der Waals surface area contributed by atoms with Gasteiger partial charge in [-0.1, -0.05) is 0 Å². The molecule has 0 aliphatic heterocycles. The minimum atomic E-state index is -4.45. The maximum atomic E-state index is 12.9. The monoisotopic (exact) mass is 366 g/mol. The Morgan fingerprint density at radius 3 is 2.46 bits per heavy atom. The van der Waals surface area contributed by atoms with Crippen molar-refractivity contribution in [3.8, 4) is 0 Å². The van der Waals surface area contributed by atoms with Gasteiger partial charge in [0.25, 0.3) is 5.91 Å². The summed E-state index contributed by atoms with van der Waals surface area (Å²) in [6.07, 6.45) is -2.69. The first-order valence-electron chi connectivity index (χ1n) is 8.46. The van der Waals surface area contributed by atoms with E-state index in [0.29, 0.717) is 11.3 Å². The molecule has 1 heterocycles. The highest BCUT2D eigenvalue weighted by Crippen LogP contribution is 2.42. The molecule has 0 spiro atoms. The SMILES string of the molecule is CN(C)c1ccc(C(=O)NCCn2nc(C(F)(F)F)cc2C2CC2)cc1. The molecule has 1 saturated carbocycles. The van der Waals surface area contributed by atoms with Gasteiger partial charge in [-0.3, -0.25) is 9.48 Å². The van der Waals surface area contributed by atoms with E-state index in [1.54, 1.807) is 12.1 Å². The number of alkyl halides is 3. The van der Waals surface area contributed by atoms with Gasteiger partial charge in [0.05, 0.1) is 6.54 Å². The number of carbonyl (C=O) groups excluding carboxylic acids is 1. The van der Waals surface area contributed by atoms with Gasteiger partial charge >= 0.3 is 6.18 Å². The van der Waals surface area contributed by atoms with E-state index < -0.39 is 11.9 Å². The number of rotatable bonds is 6. The topological polar surface area (TPSA) is 50.2 Å². The van der Waals surface area contributed by atoms with Crippen LogP contribution in [0, 0.1) is 0 Å². The number of nitrogens with zero attached hydrogens (tertiary/aromatic N) is 3. The van der Waals surface area contributed by atoms with Gasteiger partial charge in [-0.05, 0) is 43.2 Å². The number of amides is 1. The third-order valence-electron chi connectivity index (χ3n) is 4.35. The van der Waals surface area contributed by atoms with Crippen LogP contribution < -0.4 is 10.2 Å². The summed E-state index contributed by atoms with van der Waals surface area (Å²) in [5.74, 6) is -0.112. The number of aromatic nitrogens is 2. The van der Waals surface area contributed by atoms with E-state index in [4.69, 9.17) is 0 Å². The van der Waals surface area contributed by atoms with E-state index in [9.17, 15) is 18.0 Å². The molecule has 8 heteroatoms. The molecule has 1 fully saturated rings. The molecule has 0 saturated heterocycles. The number of halogens is 3. The Labute approximate surface area is 149 Å². The second kappa shape index (κ2) is 7.01. The Morgan fingerprint density at radius 1 is 1.27 bits per heavy atom. The standard InChI is InChI=1S/C18H21F3N4O/c1-24(2)14-7-5-13(6-8-14)17(26)22-9-10-25-15(12-3-4-12)11-16(23-25)18(19,20)21/h5-8,11-12H,3-4,9-10H2,1-2H3,(H,22,26). The van der Waals surface area contributed by atoms with Crippen molar-refractivity contribution in [2.75, 3.05) is 25.5 Å². The summed E-state index contributed by atoms with van der Waals surface area (Å²) in [7, 11) is 3.82. The third kappa shape index (κ3) is 4.17. The fourth-order valence-corrected chi connectivity index (χ4v) is 2.74. The molecule has 0 atom stereocenters. The molecule has 1 aliphatic rings. The first-order valence-corrected chi connectivity index (χ1v) is 8.46. The van der Waals surface area contributed by atoms with Gasteiger partial charge in [0.1, 0.15) is 0 Å².